The number of amides is 2. The number of carbonyl (C=O) groups is 2. The first-order valence-corrected chi connectivity index (χ1v) is 9.53. The third-order valence-electron chi connectivity index (χ3n) is 4.99. The number of hydrogen-bond donors (Lipinski definition) is 1. The molecule has 1 saturated heterocycles. The van der Waals surface area contributed by atoms with Gasteiger partial charge in [0.1, 0.15) is 5.75 Å². The molecule has 1 aliphatic heterocycles. The van der Waals surface area contributed by atoms with Crippen molar-refractivity contribution in [3.63, 3.8) is 0 Å². The molecule has 0 aliphatic carbocycles. The summed E-state index contributed by atoms with van der Waals surface area (Å²) in [6, 6.07) is 9.88. The fourth-order valence-corrected chi connectivity index (χ4v) is 3.23. The van der Waals surface area contributed by atoms with Gasteiger partial charge in [-0.1, -0.05) is 5.16 Å². The molecule has 1 aromatic carbocycles. The molecule has 1 N–H and O–H groups in total. The number of benzene rings is 1. The molecule has 0 unspecified atom stereocenters. The Balaban J connectivity index is 1.52. The summed E-state index contributed by atoms with van der Waals surface area (Å²) in [5.41, 5.74) is 0.941. The van der Waals surface area contributed by atoms with Gasteiger partial charge in [-0.25, -0.2) is 0 Å². The molecule has 4 rings (SSSR count). The zero-order valence-corrected chi connectivity index (χ0v) is 16.8. The van der Waals surface area contributed by atoms with E-state index in [4.69, 9.17) is 13.7 Å². The molecule has 9 heteroatoms. The Labute approximate surface area is 173 Å². The molecular weight excluding hydrogens is 388 g/mol. The minimum atomic E-state index is -0.487. The van der Waals surface area contributed by atoms with E-state index in [0.29, 0.717) is 41.6 Å². The number of likely N-dealkylation sites (N-methyl/N-ethyl adjacent to an activating group) is 1. The highest BCUT2D eigenvalue weighted by Crippen LogP contribution is 2.27. The van der Waals surface area contributed by atoms with Crippen molar-refractivity contribution in [3.8, 4) is 17.3 Å². The average Bonchev–Trinajstić information content (AvgIpc) is 3.45. The van der Waals surface area contributed by atoms with Crippen molar-refractivity contribution < 1.29 is 23.3 Å². The largest absolute Gasteiger partial charge is 0.495 e. The molecule has 2 aromatic heterocycles. The lowest BCUT2D eigenvalue weighted by Gasteiger charge is -2.32. The topological polar surface area (TPSA) is 101 Å². The van der Waals surface area contributed by atoms with Crippen LogP contribution in [-0.4, -0.2) is 67.1 Å². The predicted octanol–water partition coefficient (Wildman–Crippen LogP) is 2.58. The number of rotatable bonds is 5. The summed E-state index contributed by atoms with van der Waals surface area (Å²) in [6.07, 6.45) is 1.51. The number of nitrogens with one attached hydrogen (secondary N) is 1. The van der Waals surface area contributed by atoms with E-state index in [0.717, 1.165) is 13.1 Å². The molecule has 0 radical (unpaired) electrons. The highest BCUT2D eigenvalue weighted by atomic mass is 16.5. The summed E-state index contributed by atoms with van der Waals surface area (Å²) in [5.74, 6) is 0.685. The monoisotopic (exact) mass is 410 g/mol. The van der Waals surface area contributed by atoms with Crippen LogP contribution >= 0.6 is 0 Å². The predicted molar refractivity (Wildman–Crippen MR) is 109 cm³/mol. The van der Waals surface area contributed by atoms with Gasteiger partial charge < -0.3 is 28.8 Å². The van der Waals surface area contributed by atoms with Gasteiger partial charge in [-0.05, 0) is 37.4 Å². The second kappa shape index (κ2) is 8.42. The van der Waals surface area contributed by atoms with Crippen LogP contribution in [0.15, 0.2) is 51.6 Å². The van der Waals surface area contributed by atoms with Crippen LogP contribution in [0, 0.1) is 0 Å². The SMILES string of the molecule is COc1ccc(C(=O)N2CCN(C)CC2)cc1NC(=O)c1cc(-c2ccco2)on1. The van der Waals surface area contributed by atoms with E-state index in [9.17, 15) is 9.59 Å². The van der Waals surface area contributed by atoms with Gasteiger partial charge in [0.25, 0.3) is 11.8 Å². The molecule has 9 nitrogen and oxygen atoms in total. The van der Waals surface area contributed by atoms with Crippen LogP contribution in [0.1, 0.15) is 20.8 Å². The van der Waals surface area contributed by atoms with Gasteiger partial charge >= 0.3 is 0 Å². The number of aromatic nitrogens is 1. The smallest absolute Gasteiger partial charge is 0.277 e. The van der Waals surface area contributed by atoms with Gasteiger partial charge in [0.05, 0.1) is 19.1 Å². The van der Waals surface area contributed by atoms with E-state index >= 15 is 0 Å². The minimum absolute atomic E-state index is 0.0807. The first-order valence-electron chi connectivity index (χ1n) is 9.53. The van der Waals surface area contributed by atoms with Crippen LogP contribution in [0.2, 0.25) is 0 Å². The van der Waals surface area contributed by atoms with Gasteiger partial charge in [0, 0.05) is 37.8 Å². The van der Waals surface area contributed by atoms with Gasteiger partial charge in [-0.3, -0.25) is 9.59 Å². The van der Waals surface area contributed by atoms with E-state index in [-0.39, 0.29) is 11.6 Å². The number of piperazine rings is 1. The number of nitrogens with zero attached hydrogens (tertiary/aromatic N) is 3. The summed E-state index contributed by atoms with van der Waals surface area (Å²) >= 11 is 0. The van der Waals surface area contributed by atoms with Crippen LogP contribution in [0.5, 0.6) is 5.75 Å². The summed E-state index contributed by atoms with van der Waals surface area (Å²) in [5, 5.41) is 6.54. The van der Waals surface area contributed by atoms with Crippen molar-refractivity contribution in [2.75, 3.05) is 45.7 Å². The fraction of sp³-hybridized carbons (Fsp3) is 0.286. The molecule has 0 spiro atoms. The van der Waals surface area contributed by atoms with Crippen LogP contribution < -0.4 is 10.1 Å². The Bertz CT molecular complexity index is 1040. The molecule has 3 heterocycles. The van der Waals surface area contributed by atoms with Crippen LogP contribution in [0.4, 0.5) is 5.69 Å². The number of hydrogen-bond acceptors (Lipinski definition) is 7. The van der Waals surface area contributed by atoms with Crippen LogP contribution in [0.3, 0.4) is 0 Å². The molecule has 0 saturated carbocycles. The van der Waals surface area contributed by atoms with Crippen molar-refractivity contribution in [2.24, 2.45) is 0 Å². The first-order chi connectivity index (χ1) is 14.5. The Morgan fingerprint density at radius 2 is 1.90 bits per heavy atom. The van der Waals surface area contributed by atoms with Gasteiger partial charge in [0.15, 0.2) is 11.5 Å². The maximum absolute atomic E-state index is 12.9. The standard InChI is InChI=1S/C21H22N4O5/c1-24-7-9-25(10-8-24)21(27)14-5-6-17(28-2)15(12-14)22-20(26)16-13-19(30-23-16)18-4-3-11-29-18/h3-6,11-13H,7-10H2,1-2H3,(H,22,26). The number of anilines is 1. The van der Waals surface area contributed by atoms with Gasteiger partial charge in [-0.2, -0.15) is 0 Å². The molecule has 0 bridgehead atoms. The maximum atomic E-state index is 12.9. The number of carbonyl (C=O) groups excluding carboxylic acids is 2. The van der Waals surface area contributed by atoms with Crippen LogP contribution in [0.25, 0.3) is 11.5 Å². The summed E-state index contributed by atoms with van der Waals surface area (Å²) in [7, 11) is 3.53. The van der Waals surface area contributed by atoms with Crippen molar-refractivity contribution >= 4 is 17.5 Å². The quantitative estimate of drug-likeness (QED) is 0.690. The summed E-state index contributed by atoms with van der Waals surface area (Å²) in [6.45, 7) is 2.99. The second-order valence-electron chi connectivity index (χ2n) is 7.02. The van der Waals surface area contributed by atoms with E-state index in [2.05, 4.69) is 15.4 Å². The Morgan fingerprint density at radius 3 is 2.60 bits per heavy atom. The normalized spacial score (nSPS) is 14.5. The molecule has 156 valence electrons. The summed E-state index contributed by atoms with van der Waals surface area (Å²) < 4.78 is 15.8. The van der Waals surface area contributed by atoms with E-state index in [1.807, 2.05) is 7.05 Å². The third-order valence-corrected chi connectivity index (χ3v) is 4.99. The van der Waals surface area contributed by atoms with Crippen molar-refractivity contribution in [1.29, 1.82) is 0 Å². The lowest BCUT2D eigenvalue weighted by atomic mass is 10.1. The number of furan rings is 1. The van der Waals surface area contributed by atoms with Crippen LogP contribution in [-0.2, 0) is 0 Å². The van der Waals surface area contributed by atoms with Crippen molar-refractivity contribution in [3.05, 3.63) is 53.9 Å². The zero-order valence-electron chi connectivity index (χ0n) is 16.8. The van der Waals surface area contributed by atoms with E-state index in [1.165, 1.54) is 19.4 Å². The van der Waals surface area contributed by atoms with Gasteiger partial charge in [-0.15, -0.1) is 0 Å². The highest BCUT2D eigenvalue weighted by molar-refractivity contribution is 6.05. The molecule has 1 aliphatic rings. The molecule has 1 fully saturated rings. The fourth-order valence-electron chi connectivity index (χ4n) is 3.23. The second-order valence-corrected chi connectivity index (χ2v) is 7.02. The first kappa shape index (κ1) is 19.7. The molecule has 3 aromatic rings. The third kappa shape index (κ3) is 4.06. The Hall–Kier alpha value is -3.59. The summed E-state index contributed by atoms with van der Waals surface area (Å²) in [4.78, 5) is 29.5. The lowest BCUT2D eigenvalue weighted by Crippen LogP contribution is -2.47. The van der Waals surface area contributed by atoms with Crippen molar-refractivity contribution in [1.82, 2.24) is 15.0 Å². The zero-order chi connectivity index (χ0) is 21.1. The molecule has 0 atom stereocenters. The van der Waals surface area contributed by atoms with E-state index in [1.54, 1.807) is 35.2 Å². The molecule has 30 heavy (non-hydrogen) atoms. The van der Waals surface area contributed by atoms with E-state index < -0.39 is 5.91 Å². The van der Waals surface area contributed by atoms with Crippen molar-refractivity contribution in [2.45, 2.75) is 0 Å². The minimum Gasteiger partial charge on any atom is -0.495 e. The Kier molecular flexibility index (Phi) is 5.53. The maximum Gasteiger partial charge on any atom is 0.277 e. The number of ether oxygens (including phenoxy) is 1. The Morgan fingerprint density at radius 1 is 1.10 bits per heavy atom. The lowest BCUT2D eigenvalue weighted by molar-refractivity contribution is 0.0664. The molecule has 2 amide bonds. The molecular formula is C21H22N4O5. The average molecular weight is 410 g/mol. The van der Waals surface area contributed by atoms with Gasteiger partial charge in [0.2, 0.25) is 5.76 Å². The highest BCUT2D eigenvalue weighted by Gasteiger charge is 2.22. The number of methoxy groups -OCH3 is 1.